The van der Waals surface area contributed by atoms with Crippen molar-refractivity contribution in [2.75, 3.05) is 25.1 Å². The summed E-state index contributed by atoms with van der Waals surface area (Å²) in [5.74, 6) is -2.88. The molecule has 8 rings (SSSR count). The van der Waals surface area contributed by atoms with Gasteiger partial charge in [0.2, 0.25) is 21.8 Å². The monoisotopic (exact) mass is 826 g/mol. The Morgan fingerprint density at radius 1 is 1.11 bits per heavy atom. The van der Waals surface area contributed by atoms with Gasteiger partial charge in [-0.1, -0.05) is 35.9 Å². The fourth-order valence-corrected chi connectivity index (χ4v) is 9.92. The first-order chi connectivity index (χ1) is 26.9. The van der Waals surface area contributed by atoms with E-state index in [9.17, 15) is 32.0 Å². The lowest BCUT2D eigenvalue weighted by molar-refractivity contribution is -0.140. The zero-order valence-corrected chi connectivity index (χ0v) is 32.5. The number of thiazole rings is 1. The number of ether oxygens (including phenoxy) is 2. The minimum atomic E-state index is -3.93. The Morgan fingerprint density at radius 2 is 1.91 bits per heavy atom. The van der Waals surface area contributed by atoms with E-state index < -0.39 is 68.7 Å². The summed E-state index contributed by atoms with van der Waals surface area (Å²) in [7, 11) is -3.93. The molecule has 14 nitrogen and oxygen atoms in total. The van der Waals surface area contributed by atoms with Crippen LogP contribution in [0.5, 0.6) is 0 Å². The first-order valence-electron chi connectivity index (χ1n) is 18.5. The molecule has 18 heteroatoms. The van der Waals surface area contributed by atoms with Crippen LogP contribution in [0, 0.1) is 11.7 Å². The van der Waals surface area contributed by atoms with Crippen molar-refractivity contribution in [3.63, 3.8) is 0 Å². The van der Waals surface area contributed by atoms with Gasteiger partial charge in [-0.05, 0) is 73.6 Å². The number of anilines is 1. The molecule has 4 heterocycles. The normalized spacial score (nSPS) is 26.6. The van der Waals surface area contributed by atoms with E-state index >= 15 is 0 Å². The molecule has 2 saturated carbocycles. The van der Waals surface area contributed by atoms with Crippen LogP contribution in [0.4, 0.5) is 14.3 Å². The largest absolute Gasteiger partial charge is 0.444 e. The molecule has 5 atom stereocenters. The minimum absolute atomic E-state index is 0.0643. The Kier molecular flexibility index (Phi) is 10.5. The van der Waals surface area contributed by atoms with Gasteiger partial charge in [-0.3, -0.25) is 24.0 Å². The molecule has 1 saturated heterocycles. The minimum Gasteiger partial charge on any atom is -0.444 e. The van der Waals surface area contributed by atoms with Crippen LogP contribution in [-0.2, 0) is 47.0 Å². The van der Waals surface area contributed by atoms with Gasteiger partial charge in [0, 0.05) is 41.5 Å². The maximum Gasteiger partial charge on any atom is 0.410 e. The van der Waals surface area contributed by atoms with Crippen molar-refractivity contribution in [2.45, 2.75) is 80.6 Å². The zero-order chi connectivity index (χ0) is 39.2. The van der Waals surface area contributed by atoms with Crippen LogP contribution < -0.4 is 15.4 Å². The van der Waals surface area contributed by atoms with Gasteiger partial charge in [0.1, 0.15) is 29.5 Å². The van der Waals surface area contributed by atoms with Gasteiger partial charge in [0.25, 0.3) is 5.91 Å². The van der Waals surface area contributed by atoms with Crippen LogP contribution >= 0.6 is 22.9 Å². The molecule has 5 aliphatic rings. The highest BCUT2D eigenvalue weighted by Crippen LogP contribution is 2.46. The Morgan fingerprint density at radius 3 is 2.68 bits per heavy atom. The molecule has 3 fully saturated rings. The number of aromatic nitrogens is 1. The average Bonchev–Trinajstić information content (AvgIpc) is 3.97. The third-order valence-corrected chi connectivity index (χ3v) is 13.8. The molecule has 2 aliphatic carbocycles. The molecule has 4 amide bonds. The predicted octanol–water partition coefficient (Wildman–Crippen LogP) is 4.35. The van der Waals surface area contributed by atoms with Gasteiger partial charge < -0.3 is 25.0 Å². The first kappa shape index (κ1) is 38.3. The van der Waals surface area contributed by atoms with Crippen molar-refractivity contribution in [3.8, 4) is 11.3 Å². The second kappa shape index (κ2) is 15.4. The molecular weight excluding hydrogens is 787 g/mol. The number of amides is 4. The van der Waals surface area contributed by atoms with Crippen molar-refractivity contribution in [1.29, 1.82) is 0 Å². The molecule has 296 valence electrons. The average molecular weight is 827 g/mol. The number of hydrogen-bond acceptors (Lipinski definition) is 11. The van der Waals surface area contributed by atoms with E-state index in [1.165, 1.54) is 33.3 Å². The molecule has 3 aliphatic heterocycles. The van der Waals surface area contributed by atoms with Crippen LogP contribution in [0.2, 0.25) is 5.02 Å². The molecule has 0 radical (unpaired) electrons. The molecule has 3 aromatic rings. The number of sulfonamides is 1. The molecule has 3 N–H and O–H groups in total. The maximum atomic E-state index is 14.6. The van der Waals surface area contributed by atoms with Crippen LogP contribution in [0.3, 0.4) is 0 Å². The fourth-order valence-electron chi connectivity index (χ4n) is 7.53. The number of fused-ring (bicyclic) bond motifs is 3. The van der Waals surface area contributed by atoms with E-state index in [0.717, 1.165) is 11.1 Å². The Labute approximate surface area is 331 Å². The highest BCUT2D eigenvalue weighted by atomic mass is 35.5. The van der Waals surface area contributed by atoms with E-state index in [1.54, 1.807) is 35.7 Å². The third kappa shape index (κ3) is 7.99. The molecule has 0 unspecified atom stereocenters. The highest BCUT2D eigenvalue weighted by molar-refractivity contribution is 7.91. The van der Waals surface area contributed by atoms with Crippen LogP contribution in [0.1, 0.15) is 49.7 Å². The van der Waals surface area contributed by atoms with Crippen LogP contribution in [0.25, 0.3) is 11.3 Å². The highest BCUT2D eigenvalue weighted by Gasteiger charge is 2.62. The van der Waals surface area contributed by atoms with E-state index in [4.69, 9.17) is 21.1 Å². The van der Waals surface area contributed by atoms with Crippen molar-refractivity contribution in [2.24, 2.45) is 5.92 Å². The van der Waals surface area contributed by atoms with Crippen molar-refractivity contribution in [3.05, 3.63) is 82.0 Å². The Balaban J connectivity index is 1.06. The van der Waals surface area contributed by atoms with Gasteiger partial charge in [0.15, 0.2) is 5.13 Å². The number of nitrogens with zero attached hydrogens (tertiary/aromatic N) is 3. The van der Waals surface area contributed by atoms with E-state index in [2.05, 4.69) is 20.3 Å². The summed E-state index contributed by atoms with van der Waals surface area (Å²) in [5, 5.41) is 8.15. The summed E-state index contributed by atoms with van der Waals surface area (Å²) in [6, 6.07) is 9.28. The Hall–Kier alpha value is -4.58. The molecule has 0 spiro atoms. The summed E-state index contributed by atoms with van der Waals surface area (Å²) in [6.07, 6.45) is 3.68. The van der Waals surface area contributed by atoms with Gasteiger partial charge in [-0.25, -0.2) is 22.6 Å². The topological polar surface area (TPSA) is 176 Å². The number of halogens is 2. The van der Waals surface area contributed by atoms with E-state index in [0.29, 0.717) is 53.7 Å². The number of hydrogen-bond donors (Lipinski definition) is 3. The van der Waals surface area contributed by atoms with Gasteiger partial charge in [-0.15, -0.1) is 11.3 Å². The first-order valence-corrected chi connectivity index (χ1v) is 21.3. The fraction of sp³-hybridized carbons (Fsp3) is 0.447. The third-order valence-electron chi connectivity index (χ3n) is 10.9. The lowest BCUT2D eigenvalue weighted by Crippen LogP contribution is -2.57. The lowest BCUT2D eigenvalue weighted by Gasteiger charge is -2.29. The summed E-state index contributed by atoms with van der Waals surface area (Å²) < 4.78 is 53.2. The summed E-state index contributed by atoms with van der Waals surface area (Å²) in [5.41, 5.74) is 1.42. The predicted molar refractivity (Wildman–Crippen MR) is 204 cm³/mol. The van der Waals surface area contributed by atoms with Crippen LogP contribution in [-0.4, -0.2) is 95.8 Å². The summed E-state index contributed by atoms with van der Waals surface area (Å²) >= 11 is 7.64. The number of nitrogens with one attached hydrogen (secondary N) is 3. The lowest BCUT2D eigenvalue weighted by atomic mass is 10.1. The number of rotatable bonds is 7. The smallest absolute Gasteiger partial charge is 0.410 e. The zero-order valence-electron chi connectivity index (χ0n) is 30.1. The maximum absolute atomic E-state index is 14.6. The Bertz CT molecular complexity index is 2180. The van der Waals surface area contributed by atoms with E-state index in [-0.39, 0.29) is 44.9 Å². The molecular formula is C38H40ClFN6O8S2. The molecule has 56 heavy (non-hydrogen) atoms. The summed E-state index contributed by atoms with van der Waals surface area (Å²) in [6.45, 7) is 0.916. The van der Waals surface area contributed by atoms with Crippen LogP contribution in [0.15, 0.2) is 60.0 Å². The molecule has 2 aromatic carbocycles. The number of carbonyl (C=O) groups excluding carboxylic acids is 4. The SMILES string of the molecule is O=C1N[C@]2(C(=O)NS(=O)(=O)C3CC3)C[C@H]2C=CCOCCC[C@H](Nc2nc(-c3ccc(F)cc3)cs2)C(=O)N2C[C@H](OC(=O)N3Cc4cccc(Cl)c4C3)C[C@@H]12. The van der Waals surface area contributed by atoms with Crippen molar-refractivity contribution >= 4 is 61.9 Å². The quantitative estimate of drug-likeness (QED) is 0.291. The summed E-state index contributed by atoms with van der Waals surface area (Å²) in [4.78, 5) is 63.7. The number of carbonyl (C=O) groups is 4. The second-order valence-electron chi connectivity index (χ2n) is 14.8. The van der Waals surface area contributed by atoms with Crippen molar-refractivity contribution in [1.82, 2.24) is 24.8 Å². The van der Waals surface area contributed by atoms with Crippen molar-refractivity contribution < 1.29 is 41.5 Å². The second-order valence-corrected chi connectivity index (χ2v) is 18.0. The number of benzene rings is 2. The van der Waals surface area contributed by atoms with E-state index in [1.807, 2.05) is 12.1 Å². The standard InChI is InChI=1S/C38H40ClFN6O8S2/c39-29-6-1-4-23-18-45(20-28(23)29)37(50)54-26-16-32-33(47)43-38(35(49)44-56(51,52)27-12-13-27)17-24(38)5-2-14-53-15-3-7-30(34(48)46(32)19-26)41-36-42-31(21-55-36)22-8-10-25(40)11-9-22/h1-2,4-6,8-11,21,24,26-27,30,32H,3,7,12-20H2,(H,41,42)(H,43,47)(H,44,49)/t24-,26-,30+,32+,38-/m1/s1. The molecule has 0 bridgehead atoms. The van der Waals surface area contributed by atoms with Gasteiger partial charge in [0.05, 0.1) is 30.6 Å². The molecule has 1 aromatic heterocycles. The van der Waals surface area contributed by atoms with Gasteiger partial charge >= 0.3 is 6.09 Å². The van der Waals surface area contributed by atoms with Gasteiger partial charge in [-0.2, -0.15) is 0 Å².